The zero-order valence-electron chi connectivity index (χ0n) is 28.9. The second kappa shape index (κ2) is 21.3. The summed E-state index contributed by atoms with van der Waals surface area (Å²) in [5, 5.41) is 9.84. The molecule has 0 radical (unpaired) electrons. The Kier molecular flexibility index (Phi) is 14.2. The molecule has 1 unspecified atom stereocenters. The van der Waals surface area contributed by atoms with E-state index < -0.39 is 46.1 Å². The predicted octanol–water partition coefficient (Wildman–Crippen LogP) is 5.77. The van der Waals surface area contributed by atoms with Crippen molar-refractivity contribution in [2.75, 3.05) is 47.5 Å². The maximum atomic E-state index is 11.8. The van der Waals surface area contributed by atoms with Crippen LogP contribution in [0.2, 0.25) is 0 Å². The van der Waals surface area contributed by atoms with Gasteiger partial charge in [-0.2, -0.15) is 0 Å². The van der Waals surface area contributed by atoms with Gasteiger partial charge in [-0.05, 0) is 32.1 Å². The molecule has 2 atom stereocenters. The van der Waals surface area contributed by atoms with E-state index >= 15 is 0 Å². The van der Waals surface area contributed by atoms with E-state index in [9.17, 15) is 19.4 Å². The summed E-state index contributed by atoms with van der Waals surface area (Å²) in [6.45, 7) is -3.30. The smallest absolute Gasteiger partial charge is 0.463 e. The van der Waals surface area contributed by atoms with Crippen molar-refractivity contribution in [3.8, 4) is 0 Å². The Hall–Kier alpha value is -0.760. The van der Waals surface area contributed by atoms with Crippen molar-refractivity contribution in [2.24, 2.45) is 0 Å². The largest absolute Gasteiger partial charge is 0.472 e. The number of unbranched alkanes of at least 4 members (excludes halogenated alkanes) is 8. The molecule has 0 aromatic carbocycles. The quantitative estimate of drug-likeness (QED) is 0.0538. The number of phosphoric acid groups is 1. The number of rotatable bonds is 24. The summed E-state index contributed by atoms with van der Waals surface area (Å²) in [4.78, 5) is 21.5. The number of hydrogen-bond acceptors (Lipinski definition) is 6. The summed E-state index contributed by atoms with van der Waals surface area (Å²) < 4.78 is 79.5. The molecule has 35 heavy (non-hydrogen) atoms. The van der Waals surface area contributed by atoms with Crippen LogP contribution in [0.5, 0.6) is 0 Å². The Morgan fingerprint density at radius 3 is 2.20 bits per heavy atom. The molecule has 0 amide bonds. The van der Waals surface area contributed by atoms with Crippen LogP contribution in [-0.2, 0) is 23.1 Å². The van der Waals surface area contributed by atoms with Gasteiger partial charge in [0.25, 0.3) is 0 Å². The van der Waals surface area contributed by atoms with Crippen LogP contribution in [-0.4, -0.2) is 74.1 Å². The van der Waals surface area contributed by atoms with Crippen LogP contribution in [0.4, 0.5) is 0 Å². The number of carbonyl (C=O) groups excluding carboxylic acids is 1. The number of esters is 1. The molecule has 0 aliphatic carbocycles. The average Bonchev–Trinajstić information content (AvgIpc) is 2.84. The predicted molar refractivity (Wildman–Crippen MR) is 141 cm³/mol. The lowest BCUT2D eigenvalue weighted by atomic mass is 10.1. The maximum Gasteiger partial charge on any atom is 0.472 e. The van der Waals surface area contributed by atoms with Gasteiger partial charge in [-0.1, -0.05) is 70.3 Å². The molecule has 0 fully saturated rings. The van der Waals surface area contributed by atoms with E-state index in [1.807, 2.05) is 21.1 Å². The van der Waals surface area contributed by atoms with Gasteiger partial charge in [0.1, 0.15) is 25.9 Å². The van der Waals surface area contributed by atoms with Gasteiger partial charge >= 0.3 is 13.8 Å². The second-order valence-electron chi connectivity index (χ2n) is 9.63. The average molecular weight is 530 g/mol. The number of hydrogen-bond donors (Lipinski definition) is 2. The first-order chi connectivity index (χ1) is 19.2. The number of aliphatic hydroxyl groups is 1. The third kappa shape index (κ3) is 26.1. The van der Waals surface area contributed by atoms with E-state index in [2.05, 4.69) is 12.2 Å². The van der Waals surface area contributed by atoms with Crippen molar-refractivity contribution in [1.82, 2.24) is 0 Å². The summed E-state index contributed by atoms with van der Waals surface area (Å²) in [7, 11) is 1.44. The topological polar surface area (TPSA) is 102 Å². The zero-order valence-corrected chi connectivity index (χ0v) is 22.8. The lowest BCUT2D eigenvalue weighted by Crippen LogP contribution is -2.37. The number of phosphoric ester groups is 1. The summed E-state index contributed by atoms with van der Waals surface area (Å²) in [5.41, 5.74) is 0. The molecule has 0 heterocycles. The van der Waals surface area contributed by atoms with Crippen molar-refractivity contribution in [1.29, 1.82) is 0 Å². The van der Waals surface area contributed by atoms with Crippen molar-refractivity contribution in [3.05, 3.63) is 12.2 Å². The van der Waals surface area contributed by atoms with Gasteiger partial charge in [0.05, 0.1) is 27.7 Å². The van der Waals surface area contributed by atoms with Crippen LogP contribution in [0.1, 0.15) is 106 Å². The fraction of sp³-hybridized carbons (Fsp3) is 0.885. The molecular weight excluding hydrogens is 469 g/mol. The first kappa shape index (κ1) is 23.4. The van der Waals surface area contributed by atoms with Gasteiger partial charge < -0.3 is 19.2 Å². The number of quaternary nitrogens is 1. The molecule has 0 aromatic heterocycles. The van der Waals surface area contributed by atoms with Crippen LogP contribution < -0.4 is 0 Å². The maximum absolute atomic E-state index is 11.8. The summed E-state index contributed by atoms with van der Waals surface area (Å²) in [6, 6.07) is 0. The standard InChI is InChI=1S/C26H52NO7P/c1-5-6-7-8-9-10-11-12-13-14-15-16-17-18-19-20-26(29)32-23-25(28)24-34-35(30,31)33-22-21-27(2,3)4/h12-13,25,28H,5-11,14-24H2,1-4H3/p+1/b13-12-/t25-/m1/s1/i1D3,5D2,6D2. The Morgan fingerprint density at radius 2 is 1.57 bits per heavy atom. The van der Waals surface area contributed by atoms with Gasteiger partial charge in [0, 0.05) is 16.0 Å². The molecule has 208 valence electrons. The number of likely N-dealkylation sites (N-methyl/N-ethyl adjacent to an activating group) is 1. The molecule has 0 aliphatic rings. The molecule has 0 rings (SSSR count). The molecular formula is C26H53NO7P+. The first-order valence-corrected chi connectivity index (χ1v) is 14.1. The Balaban J connectivity index is 3.76. The van der Waals surface area contributed by atoms with E-state index in [-0.39, 0.29) is 26.1 Å². The van der Waals surface area contributed by atoms with Crippen molar-refractivity contribution < 1.29 is 47.2 Å². The number of nitrogens with zero attached hydrogens (tertiary/aromatic N) is 1. The molecule has 0 spiro atoms. The number of aliphatic hydroxyl groups excluding tert-OH is 1. The zero-order chi connectivity index (χ0) is 32.5. The monoisotopic (exact) mass is 529 g/mol. The van der Waals surface area contributed by atoms with Gasteiger partial charge in [-0.15, -0.1) is 0 Å². The molecule has 0 aliphatic heterocycles. The number of allylic oxidation sites excluding steroid dienone is 2. The van der Waals surface area contributed by atoms with Crippen molar-refractivity contribution in [2.45, 2.75) is 103 Å². The SMILES string of the molecule is [2H]C([2H])([2H])C([2H])([2H])C([2H])([2H])CCCCC/C=C\CCCCCCCC(=O)OC[C@@H](O)COP(=O)(O)OCC[N+](C)(C)C. The lowest BCUT2D eigenvalue weighted by molar-refractivity contribution is -0.870. The molecule has 2 N–H and O–H groups in total. The van der Waals surface area contributed by atoms with Crippen LogP contribution in [0.25, 0.3) is 0 Å². The molecule has 0 bridgehead atoms. The minimum Gasteiger partial charge on any atom is -0.463 e. The highest BCUT2D eigenvalue weighted by atomic mass is 31.2. The van der Waals surface area contributed by atoms with E-state index in [0.29, 0.717) is 30.3 Å². The number of ether oxygens (including phenoxy) is 1. The van der Waals surface area contributed by atoms with Crippen molar-refractivity contribution in [3.63, 3.8) is 0 Å². The Morgan fingerprint density at radius 1 is 0.971 bits per heavy atom. The van der Waals surface area contributed by atoms with Crippen LogP contribution in [0.15, 0.2) is 12.2 Å². The van der Waals surface area contributed by atoms with Crippen LogP contribution >= 0.6 is 7.82 Å². The van der Waals surface area contributed by atoms with E-state index in [4.69, 9.17) is 23.4 Å². The van der Waals surface area contributed by atoms with Gasteiger partial charge in [-0.3, -0.25) is 13.8 Å². The van der Waals surface area contributed by atoms with Gasteiger partial charge in [0.2, 0.25) is 0 Å². The number of carbonyl (C=O) groups is 1. The third-order valence-corrected chi connectivity index (χ3v) is 6.05. The normalized spacial score (nSPS) is 18.9. The summed E-state index contributed by atoms with van der Waals surface area (Å²) >= 11 is 0. The van der Waals surface area contributed by atoms with Crippen LogP contribution in [0, 0.1) is 0 Å². The Bertz CT molecular complexity index is 837. The fourth-order valence-corrected chi connectivity index (χ4v) is 3.72. The molecule has 0 saturated carbocycles. The van der Waals surface area contributed by atoms with E-state index in [1.54, 1.807) is 0 Å². The molecule has 9 heteroatoms. The Labute approximate surface area is 224 Å². The summed E-state index contributed by atoms with van der Waals surface area (Å²) in [5.74, 6) is -0.449. The third-order valence-electron chi connectivity index (χ3n) is 5.06. The summed E-state index contributed by atoms with van der Waals surface area (Å²) in [6.07, 6.45) is 6.05. The first-order valence-electron chi connectivity index (χ1n) is 16.1. The highest BCUT2D eigenvalue weighted by Crippen LogP contribution is 2.43. The van der Waals surface area contributed by atoms with Crippen LogP contribution in [0.3, 0.4) is 0 Å². The fourth-order valence-electron chi connectivity index (χ4n) is 2.97. The van der Waals surface area contributed by atoms with Gasteiger partial charge in [0.15, 0.2) is 0 Å². The highest BCUT2D eigenvalue weighted by Gasteiger charge is 2.24. The lowest BCUT2D eigenvalue weighted by Gasteiger charge is -2.24. The molecule has 8 nitrogen and oxygen atoms in total. The molecule has 0 aromatic rings. The second-order valence-corrected chi connectivity index (χ2v) is 11.1. The van der Waals surface area contributed by atoms with Crippen molar-refractivity contribution >= 4 is 13.8 Å². The van der Waals surface area contributed by atoms with Gasteiger partial charge in [-0.25, -0.2) is 4.57 Å². The minimum atomic E-state index is -4.29. The van der Waals surface area contributed by atoms with E-state index in [1.165, 1.54) is 0 Å². The van der Waals surface area contributed by atoms with E-state index in [0.717, 1.165) is 44.9 Å². The highest BCUT2D eigenvalue weighted by molar-refractivity contribution is 7.47. The molecule has 0 saturated heterocycles. The minimum absolute atomic E-state index is 0.0199.